The fraction of sp³-hybridized carbons (Fsp3) is 0.353. The highest BCUT2D eigenvalue weighted by atomic mass is 16.5. The average molecular weight is 571 g/mol. The first kappa shape index (κ1) is 29.2. The fourth-order valence-corrected chi connectivity index (χ4v) is 5.56. The van der Waals surface area contributed by atoms with E-state index in [1.165, 1.54) is 0 Å². The van der Waals surface area contributed by atoms with Crippen LogP contribution >= 0.6 is 0 Å². The molecule has 0 spiro atoms. The minimum atomic E-state index is -0.780. The molecule has 3 aromatic carbocycles. The van der Waals surface area contributed by atoms with Gasteiger partial charge in [0.25, 0.3) is 11.7 Å². The number of Topliss-reactive ketones (excluding diaryl/α,β-unsaturated/α-hetero) is 1. The molecule has 0 bridgehead atoms. The molecule has 2 heterocycles. The van der Waals surface area contributed by atoms with Crippen LogP contribution in [0.25, 0.3) is 5.76 Å². The Bertz CT molecular complexity index is 1480. The van der Waals surface area contributed by atoms with Crippen LogP contribution in [0.15, 0.2) is 72.3 Å². The Labute approximate surface area is 247 Å². The van der Waals surface area contributed by atoms with Crippen LogP contribution in [0.1, 0.15) is 48.6 Å². The van der Waals surface area contributed by atoms with Gasteiger partial charge in [-0.05, 0) is 87.9 Å². The number of fused-ring (bicyclic) bond motifs is 1. The van der Waals surface area contributed by atoms with E-state index in [0.29, 0.717) is 55.2 Å². The highest BCUT2D eigenvalue weighted by molar-refractivity contribution is 6.46. The van der Waals surface area contributed by atoms with Crippen molar-refractivity contribution in [3.8, 4) is 17.2 Å². The van der Waals surface area contributed by atoms with Gasteiger partial charge in [-0.15, -0.1) is 0 Å². The Kier molecular flexibility index (Phi) is 8.83. The van der Waals surface area contributed by atoms with Crippen LogP contribution in [0.2, 0.25) is 0 Å². The molecular weight excluding hydrogens is 532 g/mol. The van der Waals surface area contributed by atoms with Crippen LogP contribution in [-0.4, -0.2) is 66.5 Å². The topological polar surface area (TPSA) is 88.5 Å². The SMILES string of the molecule is CCOc1cc(C2/C(=C(\O)c3ccc4c(c3)CC(C)O4)C(=O)C(=O)N2CCCN(C)C)ccc1OCc1ccccc1. The number of rotatable bonds is 11. The van der Waals surface area contributed by atoms with Crippen LogP contribution < -0.4 is 14.2 Å². The predicted molar refractivity (Wildman–Crippen MR) is 161 cm³/mol. The molecule has 8 heteroatoms. The first-order chi connectivity index (χ1) is 20.3. The predicted octanol–water partition coefficient (Wildman–Crippen LogP) is 5.36. The van der Waals surface area contributed by atoms with Crippen molar-refractivity contribution in [2.75, 3.05) is 33.8 Å². The lowest BCUT2D eigenvalue weighted by Crippen LogP contribution is -2.32. The number of aliphatic hydroxyl groups excluding tert-OH is 1. The summed E-state index contributed by atoms with van der Waals surface area (Å²) in [7, 11) is 3.93. The molecule has 42 heavy (non-hydrogen) atoms. The van der Waals surface area contributed by atoms with E-state index >= 15 is 0 Å². The molecule has 1 saturated heterocycles. The molecule has 3 aromatic rings. The van der Waals surface area contributed by atoms with Gasteiger partial charge in [-0.2, -0.15) is 0 Å². The Balaban J connectivity index is 1.54. The molecule has 8 nitrogen and oxygen atoms in total. The number of nitrogens with zero attached hydrogens (tertiary/aromatic N) is 2. The first-order valence-electron chi connectivity index (χ1n) is 14.4. The summed E-state index contributed by atoms with van der Waals surface area (Å²) in [4.78, 5) is 30.5. The van der Waals surface area contributed by atoms with Gasteiger partial charge < -0.3 is 29.1 Å². The number of likely N-dealkylation sites (tertiary alicyclic amines) is 1. The number of ketones is 1. The van der Waals surface area contributed by atoms with E-state index in [1.807, 2.05) is 87.4 Å². The lowest BCUT2D eigenvalue weighted by molar-refractivity contribution is -0.139. The number of aliphatic hydroxyl groups is 1. The zero-order chi connectivity index (χ0) is 29.8. The van der Waals surface area contributed by atoms with Crippen molar-refractivity contribution < 1.29 is 28.9 Å². The molecule has 220 valence electrons. The first-order valence-corrected chi connectivity index (χ1v) is 14.4. The number of amides is 1. The molecule has 1 N–H and O–H groups in total. The number of benzene rings is 3. The Morgan fingerprint density at radius 3 is 2.55 bits per heavy atom. The van der Waals surface area contributed by atoms with Gasteiger partial charge in [0.1, 0.15) is 24.2 Å². The number of hydrogen-bond donors (Lipinski definition) is 1. The van der Waals surface area contributed by atoms with Crippen LogP contribution in [0.4, 0.5) is 0 Å². The lowest BCUT2D eigenvalue weighted by Gasteiger charge is -2.26. The Morgan fingerprint density at radius 2 is 1.81 bits per heavy atom. The van der Waals surface area contributed by atoms with Crippen molar-refractivity contribution in [2.24, 2.45) is 0 Å². The zero-order valence-electron chi connectivity index (χ0n) is 24.6. The minimum absolute atomic E-state index is 0.0410. The molecule has 5 rings (SSSR count). The molecule has 1 amide bonds. The van der Waals surface area contributed by atoms with Gasteiger partial charge in [0, 0.05) is 18.5 Å². The highest BCUT2D eigenvalue weighted by Gasteiger charge is 2.46. The normalized spacial score (nSPS) is 19.2. The maximum atomic E-state index is 13.5. The second kappa shape index (κ2) is 12.7. The van der Waals surface area contributed by atoms with Gasteiger partial charge >= 0.3 is 0 Å². The Morgan fingerprint density at radius 1 is 1.02 bits per heavy atom. The number of carbonyl (C=O) groups is 2. The van der Waals surface area contributed by atoms with Crippen molar-refractivity contribution in [1.29, 1.82) is 0 Å². The number of carbonyl (C=O) groups excluding carboxylic acids is 2. The molecule has 2 atom stereocenters. The van der Waals surface area contributed by atoms with E-state index < -0.39 is 17.7 Å². The molecule has 0 saturated carbocycles. The number of hydrogen-bond acceptors (Lipinski definition) is 7. The smallest absolute Gasteiger partial charge is 0.295 e. The van der Waals surface area contributed by atoms with Gasteiger partial charge in [0.2, 0.25) is 0 Å². The highest BCUT2D eigenvalue weighted by Crippen LogP contribution is 2.43. The molecule has 0 aliphatic carbocycles. The summed E-state index contributed by atoms with van der Waals surface area (Å²) in [6.45, 7) is 5.75. The van der Waals surface area contributed by atoms with Crippen molar-refractivity contribution in [2.45, 2.75) is 45.4 Å². The van der Waals surface area contributed by atoms with E-state index in [0.717, 1.165) is 23.4 Å². The van der Waals surface area contributed by atoms with Gasteiger partial charge in [0.15, 0.2) is 11.5 Å². The Hall–Kier alpha value is -4.30. The third kappa shape index (κ3) is 6.14. The van der Waals surface area contributed by atoms with Crippen molar-refractivity contribution >= 4 is 17.4 Å². The van der Waals surface area contributed by atoms with Gasteiger partial charge in [-0.1, -0.05) is 36.4 Å². The molecule has 0 radical (unpaired) electrons. The maximum absolute atomic E-state index is 13.5. The summed E-state index contributed by atoms with van der Waals surface area (Å²) < 4.78 is 17.9. The minimum Gasteiger partial charge on any atom is -0.507 e. The quantitative estimate of drug-likeness (QED) is 0.189. The van der Waals surface area contributed by atoms with Gasteiger partial charge in [-0.25, -0.2) is 0 Å². The largest absolute Gasteiger partial charge is 0.507 e. The molecule has 0 aromatic heterocycles. The molecule has 2 aliphatic heterocycles. The maximum Gasteiger partial charge on any atom is 0.295 e. The monoisotopic (exact) mass is 570 g/mol. The third-order valence-corrected chi connectivity index (χ3v) is 7.53. The van der Waals surface area contributed by atoms with Crippen LogP contribution in [0, 0.1) is 0 Å². The third-order valence-electron chi connectivity index (χ3n) is 7.53. The summed E-state index contributed by atoms with van der Waals surface area (Å²) in [5.41, 5.74) is 3.19. The summed E-state index contributed by atoms with van der Waals surface area (Å²) in [5.74, 6) is 0.316. The van der Waals surface area contributed by atoms with Crippen LogP contribution in [-0.2, 0) is 22.6 Å². The molecule has 1 fully saturated rings. The van der Waals surface area contributed by atoms with Crippen molar-refractivity contribution in [3.05, 3.63) is 94.6 Å². The number of ether oxygens (including phenoxy) is 3. The van der Waals surface area contributed by atoms with E-state index in [1.54, 1.807) is 17.0 Å². The molecule has 2 unspecified atom stereocenters. The van der Waals surface area contributed by atoms with E-state index in [4.69, 9.17) is 14.2 Å². The molecular formula is C34H38N2O6. The van der Waals surface area contributed by atoms with Gasteiger partial charge in [0.05, 0.1) is 18.2 Å². The van der Waals surface area contributed by atoms with E-state index in [9.17, 15) is 14.7 Å². The zero-order valence-corrected chi connectivity index (χ0v) is 24.6. The second-order valence-corrected chi connectivity index (χ2v) is 11.0. The lowest BCUT2D eigenvalue weighted by atomic mass is 9.94. The second-order valence-electron chi connectivity index (χ2n) is 11.0. The fourth-order valence-electron chi connectivity index (χ4n) is 5.56. The van der Waals surface area contributed by atoms with E-state index in [2.05, 4.69) is 0 Å². The summed E-state index contributed by atoms with van der Waals surface area (Å²) in [5, 5.41) is 11.6. The van der Waals surface area contributed by atoms with E-state index in [-0.39, 0.29) is 17.4 Å². The summed E-state index contributed by atoms with van der Waals surface area (Å²) >= 11 is 0. The summed E-state index contributed by atoms with van der Waals surface area (Å²) in [6, 6.07) is 19.9. The van der Waals surface area contributed by atoms with Crippen LogP contribution in [0.3, 0.4) is 0 Å². The standard InChI is InChI=1S/C34H38N2O6/c1-5-40-29-20-24(12-15-28(29)41-21-23-10-7-6-8-11-23)31-30(33(38)34(39)36(31)17-9-16-35(3)4)32(37)25-13-14-27-26(19-25)18-22(2)42-27/h6-8,10-15,19-20,22,31,37H,5,9,16-18,21H2,1-4H3/b32-30+. The average Bonchev–Trinajstić information content (AvgIpc) is 3.47. The van der Waals surface area contributed by atoms with Crippen molar-refractivity contribution in [1.82, 2.24) is 9.80 Å². The van der Waals surface area contributed by atoms with Crippen molar-refractivity contribution in [3.63, 3.8) is 0 Å². The molecule has 2 aliphatic rings. The summed E-state index contributed by atoms with van der Waals surface area (Å²) in [6.07, 6.45) is 1.42. The van der Waals surface area contributed by atoms with Crippen LogP contribution in [0.5, 0.6) is 17.2 Å². The van der Waals surface area contributed by atoms with Gasteiger partial charge in [-0.3, -0.25) is 9.59 Å².